The number of likely N-dealkylation sites (N-methyl/N-ethyl adjacent to an activating group) is 1. The first-order chi connectivity index (χ1) is 10.6. The molecule has 0 aliphatic carbocycles. The SMILES string of the molecule is Cc1cncc(-c2ccc(CN3CCC(N(C)N)C3)cc2)c1. The second-order valence-corrected chi connectivity index (χ2v) is 6.29. The van der Waals surface area contributed by atoms with E-state index in [9.17, 15) is 0 Å². The molecule has 0 bridgehead atoms. The number of aryl methyl sites for hydroxylation is 1. The first-order valence-corrected chi connectivity index (χ1v) is 7.82. The summed E-state index contributed by atoms with van der Waals surface area (Å²) in [5.41, 5.74) is 4.94. The van der Waals surface area contributed by atoms with Gasteiger partial charge in [-0.1, -0.05) is 24.3 Å². The highest BCUT2D eigenvalue weighted by atomic mass is 15.4. The molecule has 4 heteroatoms. The van der Waals surface area contributed by atoms with E-state index >= 15 is 0 Å². The van der Waals surface area contributed by atoms with Crippen LogP contribution in [0.4, 0.5) is 0 Å². The maximum absolute atomic E-state index is 5.85. The van der Waals surface area contributed by atoms with E-state index in [1.165, 1.54) is 22.3 Å². The Morgan fingerprint density at radius 2 is 2.00 bits per heavy atom. The van der Waals surface area contributed by atoms with Crippen molar-refractivity contribution in [2.75, 3.05) is 20.1 Å². The third-order valence-corrected chi connectivity index (χ3v) is 4.39. The van der Waals surface area contributed by atoms with Crippen LogP contribution in [0.3, 0.4) is 0 Å². The molecule has 1 saturated heterocycles. The summed E-state index contributed by atoms with van der Waals surface area (Å²) in [6.45, 7) is 5.24. The van der Waals surface area contributed by atoms with Gasteiger partial charge in [0.05, 0.1) is 0 Å². The van der Waals surface area contributed by atoms with Gasteiger partial charge in [-0.25, -0.2) is 5.01 Å². The minimum atomic E-state index is 0.484. The number of aromatic nitrogens is 1. The van der Waals surface area contributed by atoms with Crippen molar-refractivity contribution in [3.63, 3.8) is 0 Å². The van der Waals surface area contributed by atoms with Gasteiger partial charge in [-0.15, -0.1) is 0 Å². The Labute approximate surface area is 132 Å². The molecule has 1 aliphatic rings. The van der Waals surface area contributed by atoms with Gasteiger partial charge in [0.1, 0.15) is 0 Å². The zero-order valence-corrected chi connectivity index (χ0v) is 13.4. The average molecular weight is 296 g/mol. The van der Waals surface area contributed by atoms with Gasteiger partial charge in [0.2, 0.25) is 0 Å². The molecule has 2 aromatic rings. The summed E-state index contributed by atoms with van der Waals surface area (Å²) in [5.74, 6) is 5.85. The number of nitrogens with zero attached hydrogens (tertiary/aromatic N) is 3. The highest BCUT2D eigenvalue weighted by molar-refractivity contribution is 5.63. The van der Waals surface area contributed by atoms with Crippen LogP contribution in [0.1, 0.15) is 17.5 Å². The molecule has 1 aromatic carbocycles. The number of hydrogen-bond acceptors (Lipinski definition) is 4. The van der Waals surface area contributed by atoms with Gasteiger partial charge in [0.25, 0.3) is 0 Å². The maximum atomic E-state index is 5.85. The molecule has 22 heavy (non-hydrogen) atoms. The van der Waals surface area contributed by atoms with Gasteiger partial charge in [-0.2, -0.15) is 0 Å². The zero-order chi connectivity index (χ0) is 15.5. The second kappa shape index (κ2) is 6.57. The van der Waals surface area contributed by atoms with Crippen molar-refractivity contribution in [3.05, 3.63) is 53.9 Å². The monoisotopic (exact) mass is 296 g/mol. The molecule has 2 N–H and O–H groups in total. The van der Waals surface area contributed by atoms with Gasteiger partial charge in [0.15, 0.2) is 0 Å². The van der Waals surface area contributed by atoms with Crippen LogP contribution in [0.15, 0.2) is 42.7 Å². The van der Waals surface area contributed by atoms with E-state index in [0.717, 1.165) is 26.1 Å². The van der Waals surface area contributed by atoms with E-state index in [4.69, 9.17) is 5.84 Å². The summed E-state index contributed by atoms with van der Waals surface area (Å²) in [6.07, 6.45) is 4.96. The van der Waals surface area contributed by atoms with Gasteiger partial charge in [-0.05, 0) is 36.1 Å². The van der Waals surface area contributed by atoms with Crippen LogP contribution in [0.25, 0.3) is 11.1 Å². The van der Waals surface area contributed by atoms with E-state index in [2.05, 4.69) is 47.1 Å². The zero-order valence-electron chi connectivity index (χ0n) is 13.4. The minimum Gasteiger partial charge on any atom is -0.297 e. The Hall–Kier alpha value is -1.75. The lowest BCUT2D eigenvalue weighted by Gasteiger charge is -2.20. The lowest BCUT2D eigenvalue weighted by molar-refractivity contribution is 0.234. The molecule has 0 radical (unpaired) electrons. The minimum absolute atomic E-state index is 0.484. The number of pyridine rings is 1. The lowest BCUT2D eigenvalue weighted by Crippen LogP contribution is -2.39. The average Bonchev–Trinajstić information content (AvgIpc) is 2.97. The van der Waals surface area contributed by atoms with E-state index in [0.29, 0.717) is 6.04 Å². The van der Waals surface area contributed by atoms with Crippen LogP contribution in [0.2, 0.25) is 0 Å². The second-order valence-electron chi connectivity index (χ2n) is 6.29. The number of hydrazine groups is 1. The van der Waals surface area contributed by atoms with Gasteiger partial charge >= 0.3 is 0 Å². The van der Waals surface area contributed by atoms with Crippen LogP contribution >= 0.6 is 0 Å². The molecule has 1 aliphatic heterocycles. The molecule has 3 rings (SSSR count). The third-order valence-electron chi connectivity index (χ3n) is 4.39. The molecule has 1 unspecified atom stereocenters. The topological polar surface area (TPSA) is 45.4 Å². The molecular weight excluding hydrogens is 272 g/mol. The molecule has 1 aromatic heterocycles. The fourth-order valence-corrected chi connectivity index (χ4v) is 3.06. The van der Waals surface area contributed by atoms with E-state index < -0.39 is 0 Å². The summed E-state index contributed by atoms with van der Waals surface area (Å²) in [5, 5.41) is 1.84. The van der Waals surface area contributed by atoms with Crippen molar-refractivity contribution in [1.82, 2.24) is 14.9 Å². The van der Waals surface area contributed by atoms with Crippen molar-refractivity contribution in [2.45, 2.75) is 25.9 Å². The Kier molecular flexibility index (Phi) is 4.52. The van der Waals surface area contributed by atoms with Crippen molar-refractivity contribution < 1.29 is 0 Å². The lowest BCUT2D eigenvalue weighted by atomic mass is 10.0. The van der Waals surface area contributed by atoms with Crippen LogP contribution in [0, 0.1) is 6.92 Å². The van der Waals surface area contributed by atoms with Crippen LogP contribution < -0.4 is 5.84 Å². The first-order valence-electron chi connectivity index (χ1n) is 7.82. The Morgan fingerprint density at radius 1 is 1.23 bits per heavy atom. The smallest absolute Gasteiger partial charge is 0.0377 e. The molecule has 4 nitrogen and oxygen atoms in total. The third kappa shape index (κ3) is 3.53. The Balaban J connectivity index is 1.65. The Bertz CT molecular complexity index is 621. The van der Waals surface area contributed by atoms with E-state index in [-0.39, 0.29) is 0 Å². The number of likely N-dealkylation sites (tertiary alicyclic amines) is 1. The Morgan fingerprint density at radius 3 is 2.64 bits per heavy atom. The molecule has 116 valence electrons. The number of rotatable bonds is 4. The fraction of sp³-hybridized carbons (Fsp3) is 0.389. The van der Waals surface area contributed by atoms with Gasteiger partial charge < -0.3 is 0 Å². The quantitative estimate of drug-likeness (QED) is 0.695. The van der Waals surface area contributed by atoms with Crippen LogP contribution in [-0.2, 0) is 6.54 Å². The number of hydrogen-bond donors (Lipinski definition) is 1. The summed E-state index contributed by atoms with van der Waals surface area (Å²) >= 11 is 0. The molecule has 2 heterocycles. The van der Waals surface area contributed by atoms with Crippen molar-refractivity contribution >= 4 is 0 Å². The summed E-state index contributed by atoms with van der Waals surface area (Å²) in [6, 6.07) is 11.5. The predicted molar refractivity (Wildman–Crippen MR) is 90.0 cm³/mol. The van der Waals surface area contributed by atoms with E-state index in [1.807, 2.05) is 24.5 Å². The molecular formula is C18H24N4. The largest absolute Gasteiger partial charge is 0.297 e. The first kappa shape index (κ1) is 15.2. The summed E-state index contributed by atoms with van der Waals surface area (Å²) in [4.78, 5) is 6.74. The predicted octanol–water partition coefficient (Wildman–Crippen LogP) is 2.44. The van der Waals surface area contributed by atoms with Crippen LogP contribution in [-0.4, -0.2) is 41.1 Å². The summed E-state index contributed by atoms with van der Waals surface area (Å²) in [7, 11) is 1.96. The van der Waals surface area contributed by atoms with E-state index in [1.54, 1.807) is 0 Å². The molecule has 1 atom stereocenters. The van der Waals surface area contributed by atoms with Crippen LogP contribution in [0.5, 0.6) is 0 Å². The number of benzene rings is 1. The maximum Gasteiger partial charge on any atom is 0.0377 e. The fourth-order valence-electron chi connectivity index (χ4n) is 3.06. The normalized spacial score (nSPS) is 19.0. The standard InChI is InChI=1S/C18H24N4/c1-14-9-17(11-20-10-14)16-5-3-15(4-6-16)12-22-8-7-18(13-22)21(2)19/h3-6,9-11,18H,7-8,12-13,19H2,1-2H3. The van der Waals surface area contributed by atoms with Crippen molar-refractivity contribution in [2.24, 2.45) is 5.84 Å². The molecule has 0 spiro atoms. The van der Waals surface area contributed by atoms with Gasteiger partial charge in [-0.3, -0.25) is 15.7 Å². The molecule has 0 amide bonds. The van der Waals surface area contributed by atoms with Crippen molar-refractivity contribution in [3.8, 4) is 11.1 Å². The molecule has 1 fully saturated rings. The van der Waals surface area contributed by atoms with Gasteiger partial charge in [0, 0.05) is 50.7 Å². The van der Waals surface area contributed by atoms with Crippen molar-refractivity contribution in [1.29, 1.82) is 0 Å². The summed E-state index contributed by atoms with van der Waals surface area (Å²) < 4.78 is 0. The molecule has 0 saturated carbocycles. The highest BCUT2D eigenvalue weighted by Crippen LogP contribution is 2.21. The number of nitrogens with two attached hydrogens (primary N) is 1. The highest BCUT2D eigenvalue weighted by Gasteiger charge is 2.24.